The number of pyridine rings is 1. The van der Waals surface area contributed by atoms with Gasteiger partial charge in [-0.3, -0.25) is 9.78 Å². The van der Waals surface area contributed by atoms with E-state index < -0.39 is 23.1 Å². The van der Waals surface area contributed by atoms with Gasteiger partial charge in [0.1, 0.15) is 11.8 Å². The largest absolute Gasteiger partial charge is 0.445 e. The Balaban J connectivity index is 1.62. The summed E-state index contributed by atoms with van der Waals surface area (Å²) in [4.78, 5) is 20.4. The number of anilines is 1. The number of nitrogens with one attached hydrogen (secondary N) is 1. The molecule has 4 rings (SSSR count). The van der Waals surface area contributed by atoms with Crippen molar-refractivity contribution in [3.8, 4) is 21.9 Å². The van der Waals surface area contributed by atoms with Gasteiger partial charge in [0.25, 0.3) is 5.91 Å². The lowest BCUT2D eigenvalue weighted by molar-refractivity contribution is 0.101. The molecule has 0 aliphatic carbocycles. The van der Waals surface area contributed by atoms with Crippen LogP contribution in [0.25, 0.3) is 21.9 Å². The van der Waals surface area contributed by atoms with Crippen LogP contribution in [-0.4, -0.2) is 15.9 Å². The van der Waals surface area contributed by atoms with E-state index in [1.165, 1.54) is 17.6 Å². The van der Waals surface area contributed by atoms with Crippen molar-refractivity contribution in [3.63, 3.8) is 0 Å². The molecule has 140 valence electrons. The Bertz CT molecular complexity index is 1140. The van der Waals surface area contributed by atoms with Crippen LogP contribution in [0.2, 0.25) is 5.02 Å². The topological polar surface area (TPSA) is 68.0 Å². The Labute approximate surface area is 166 Å². The predicted molar refractivity (Wildman–Crippen MR) is 102 cm³/mol. The fraction of sp³-hybridized carbons (Fsp3) is 0. The molecule has 0 radical (unpaired) electrons. The number of rotatable bonds is 4. The molecule has 9 heteroatoms. The summed E-state index contributed by atoms with van der Waals surface area (Å²) in [5.41, 5.74) is 0.766. The quantitative estimate of drug-likeness (QED) is 0.466. The van der Waals surface area contributed by atoms with Crippen LogP contribution >= 0.6 is 22.9 Å². The van der Waals surface area contributed by atoms with Gasteiger partial charge in [-0.1, -0.05) is 11.6 Å². The zero-order chi connectivity index (χ0) is 19.7. The summed E-state index contributed by atoms with van der Waals surface area (Å²) in [6.07, 6.45) is 4.58. The Morgan fingerprint density at radius 1 is 1.14 bits per heavy atom. The normalized spacial score (nSPS) is 10.8. The summed E-state index contributed by atoms with van der Waals surface area (Å²) >= 11 is 7.52. The lowest BCUT2D eigenvalue weighted by Gasteiger charge is -2.05. The third-order valence-corrected chi connectivity index (χ3v) is 5.20. The van der Waals surface area contributed by atoms with E-state index in [4.69, 9.17) is 16.0 Å². The van der Waals surface area contributed by atoms with Crippen molar-refractivity contribution in [1.82, 2.24) is 9.97 Å². The van der Waals surface area contributed by atoms with Crippen molar-refractivity contribution in [3.05, 3.63) is 77.4 Å². The van der Waals surface area contributed by atoms with Crippen molar-refractivity contribution in [2.75, 3.05) is 5.32 Å². The van der Waals surface area contributed by atoms with Crippen LogP contribution in [0, 0.1) is 11.6 Å². The molecule has 1 aromatic carbocycles. The zero-order valence-electron chi connectivity index (χ0n) is 13.9. The second-order valence-electron chi connectivity index (χ2n) is 5.63. The summed E-state index contributed by atoms with van der Waals surface area (Å²) < 4.78 is 32.7. The number of amides is 1. The maximum absolute atomic E-state index is 13.7. The van der Waals surface area contributed by atoms with Gasteiger partial charge in [0, 0.05) is 21.0 Å². The minimum absolute atomic E-state index is 0.410. The highest BCUT2D eigenvalue weighted by Crippen LogP contribution is 2.38. The van der Waals surface area contributed by atoms with E-state index in [1.54, 1.807) is 30.5 Å². The van der Waals surface area contributed by atoms with Crippen LogP contribution in [-0.2, 0) is 0 Å². The van der Waals surface area contributed by atoms with Crippen LogP contribution in [0.15, 0.2) is 59.6 Å². The third-order valence-electron chi connectivity index (χ3n) is 3.83. The molecule has 0 saturated carbocycles. The van der Waals surface area contributed by atoms with E-state index in [1.807, 2.05) is 6.07 Å². The average molecular weight is 418 g/mol. The van der Waals surface area contributed by atoms with E-state index in [0.29, 0.717) is 21.5 Å². The number of oxazole rings is 1. The van der Waals surface area contributed by atoms with Crippen LogP contribution in [0.1, 0.15) is 10.4 Å². The van der Waals surface area contributed by atoms with Gasteiger partial charge in [-0.15, -0.1) is 11.3 Å². The molecule has 0 unspecified atom stereocenters. The lowest BCUT2D eigenvalue weighted by Crippen LogP contribution is -2.15. The first-order chi connectivity index (χ1) is 13.5. The maximum atomic E-state index is 13.7. The molecule has 0 aliphatic rings. The molecular formula is C19H10ClF2N3O2S. The molecule has 4 aromatic rings. The van der Waals surface area contributed by atoms with Crippen LogP contribution in [0.3, 0.4) is 0 Å². The number of carbonyl (C=O) groups is 1. The number of benzene rings is 1. The van der Waals surface area contributed by atoms with E-state index >= 15 is 0 Å². The highest BCUT2D eigenvalue weighted by molar-refractivity contribution is 7.19. The summed E-state index contributed by atoms with van der Waals surface area (Å²) in [5, 5.41) is 3.40. The monoisotopic (exact) mass is 417 g/mol. The molecule has 1 N–H and O–H groups in total. The number of carbonyl (C=O) groups excluding carboxylic acids is 1. The highest BCUT2D eigenvalue weighted by Gasteiger charge is 2.19. The Morgan fingerprint density at radius 2 is 1.93 bits per heavy atom. The van der Waals surface area contributed by atoms with Crippen molar-refractivity contribution in [2.24, 2.45) is 0 Å². The third kappa shape index (κ3) is 3.51. The molecule has 3 heterocycles. The molecule has 0 spiro atoms. The second kappa shape index (κ2) is 7.49. The minimum atomic E-state index is -1.03. The lowest BCUT2D eigenvalue weighted by atomic mass is 10.1. The zero-order valence-corrected chi connectivity index (χ0v) is 15.5. The van der Waals surface area contributed by atoms with Gasteiger partial charge in [-0.05, 0) is 30.3 Å². The number of thiophene rings is 1. The Morgan fingerprint density at radius 3 is 2.64 bits per heavy atom. The standard InChI is InChI=1S/C19H10ClF2N3O2S/c20-12-2-1-10(19-24-5-6-27-19)7-11(12)15-3-4-16(28-15)25-18(26)17-13(21)8-23-9-14(17)22/h1-9H,(H,25,26). The van der Waals surface area contributed by atoms with Gasteiger partial charge in [-0.25, -0.2) is 13.8 Å². The number of halogens is 3. The van der Waals surface area contributed by atoms with Gasteiger partial charge in [0.05, 0.1) is 23.6 Å². The van der Waals surface area contributed by atoms with E-state index in [9.17, 15) is 13.6 Å². The number of aromatic nitrogens is 2. The van der Waals surface area contributed by atoms with Gasteiger partial charge in [0.2, 0.25) is 5.89 Å². The molecular weight excluding hydrogens is 408 g/mol. The SMILES string of the molecule is O=C(Nc1ccc(-c2cc(-c3ncco3)ccc2Cl)s1)c1c(F)cncc1F. The molecule has 5 nitrogen and oxygen atoms in total. The van der Waals surface area contributed by atoms with Crippen molar-refractivity contribution in [2.45, 2.75) is 0 Å². The second-order valence-corrected chi connectivity index (χ2v) is 7.12. The molecule has 0 atom stereocenters. The predicted octanol–water partition coefficient (Wildman–Crippen LogP) is 5.65. The van der Waals surface area contributed by atoms with Gasteiger partial charge < -0.3 is 9.73 Å². The molecule has 1 amide bonds. The Hall–Kier alpha value is -3.10. The van der Waals surface area contributed by atoms with Gasteiger partial charge in [0.15, 0.2) is 11.6 Å². The van der Waals surface area contributed by atoms with E-state index in [2.05, 4.69) is 15.3 Å². The van der Waals surface area contributed by atoms with E-state index in [-0.39, 0.29) is 0 Å². The van der Waals surface area contributed by atoms with Crippen molar-refractivity contribution in [1.29, 1.82) is 0 Å². The highest BCUT2D eigenvalue weighted by atomic mass is 35.5. The Kier molecular flexibility index (Phi) is 4.89. The fourth-order valence-electron chi connectivity index (χ4n) is 2.57. The van der Waals surface area contributed by atoms with Crippen molar-refractivity contribution < 1.29 is 18.0 Å². The molecule has 0 aliphatic heterocycles. The summed E-state index contributed by atoms with van der Waals surface area (Å²) in [6, 6.07) is 8.69. The molecule has 0 bridgehead atoms. The van der Waals surface area contributed by atoms with Crippen LogP contribution < -0.4 is 5.32 Å². The number of hydrogen-bond acceptors (Lipinski definition) is 5. The van der Waals surface area contributed by atoms with Crippen LogP contribution in [0.4, 0.5) is 13.8 Å². The molecule has 0 saturated heterocycles. The van der Waals surface area contributed by atoms with E-state index in [0.717, 1.165) is 22.8 Å². The first kappa shape index (κ1) is 18.3. The summed E-state index contributed by atoms with van der Waals surface area (Å²) in [7, 11) is 0. The number of hydrogen-bond donors (Lipinski definition) is 1. The minimum Gasteiger partial charge on any atom is -0.445 e. The summed E-state index contributed by atoms with van der Waals surface area (Å²) in [5.74, 6) is -2.51. The molecule has 3 aromatic heterocycles. The van der Waals surface area contributed by atoms with Crippen molar-refractivity contribution >= 4 is 33.8 Å². The van der Waals surface area contributed by atoms with Crippen LogP contribution in [0.5, 0.6) is 0 Å². The molecule has 28 heavy (non-hydrogen) atoms. The summed E-state index contributed by atoms with van der Waals surface area (Å²) in [6.45, 7) is 0. The number of nitrogens with zero attached hydrogens (tertiary/aromatic N) is 2. The first-order valence-electron chi connectivity index (χ1n) is 7.93. The average Bonchev–Trinajstić information content (AvgIpc) is 3.34. The van der Waals surface area contributed by atoms with Gasteiger partial charge in [-0.2, -0.15) is 0 Å². The molecule has 0 fully saturated rings. The van der Waals surface area contributed by atoms with Gasteiger partial charge >= 0.3 is 0 Å². The first-order valence-corrected chi connectivity index (χ1v) is 9.12. The maximum Gasteiger partial charge on any atom is 0.262 e. The fourth-order valence-corrected chi connectivity index (χ4v) is 3.77. The smallest absolute Gasteiger partial charge is 0.262 e.